The fraction of sp³-hybridized carbons (Fsp3) is 0.649. The Morgan fingerprint density at radius 1 is 1.13 bits per heavy atom. The van der Waals surface area contributed by atoms with Crippen LogP contribution < -0.4 is 25.4 Å². The number of hydrogen-bond donors (Lipinski definition) is 4. The van der Waals surface area contributed by atoms with E-state index in [-0.39, 0.29) is 19.4 Å². The molecule has 16 nitrogen and oxygen atoms in total. The van der Waals surface area contributed by atoms with Crippen LogP contribution in [0.3, 0.4) is 0 Å². The SMILES string of the molecule is C=C[C@@H]1C[C@]1(NC(=O)[C@@H]1C[C@@H]2CN1C(=O)[C@H](C(C)(C)C)NC(=O)NC(C)(C)CCCCCc1cc(ccc1OC)-c1nnn2n1)C(=O)NS(=O)(=O)C1CC1. The van der Waals surface area contributed by atoms with Crippen molar-refractivity contribution < 1.29 is 32.3 Å². The first-order chi connectivity index (χ1) is 25.4. The van der Waals surface area contributed by atoms with Crippen molar-refractivity contribution in [2.24, 2.45) is 11.3 Å². The van der Waals surface area contributed by atoms with E-state index in [1.807, 2.05) is 52.8 Å². The number of aromatic nitrogens is 4. The van der Waals surface area contributed by atoms with E-state index >= 15 is 0 Å². The molecule has 5 atom stereocenters. The Labute approximate surface area is 316 Å². The van der Waals surface area contributed by atoms with E-state index in [0.29, 0.717) is 25.1 Å². The largest absolute Gasteiger partial charge is 0.496 e. The maximum atomic E-state index is 14.6. The van der Waals surface area contributed by atoms with Gasteiger partial charge in [0, 0.05) is 30.0 Å². The van der Waals surface area contributed by atoms with Crippen molar-refractivity contribution >= 4 is 33.8 Å². The maximum absolute atomic E-state index is 14.6. The summed E-state index contributed by atoms with van der Waals surface area (Å²) in [4.78, 5) is 58.8. The van der Waals surface area contributed by atoms with Crippen molar-refractivity contribution in [3.63, 3.8) is 0 Å². The Hall–Kier alpha value is -4.54. The molecule has 54 heavy (non-hydrogen) atoms. The maximum Gasteiger partial charge on any atom is 0.315 e. The number of amides is 5. The molecule has 17 heteroatoms. The number of sulfonamides is 1. The molecule has 6 rings (SSSR count). The molecule has 2 aliphatic heterocycles. The second kappa shape index (κ2) is 14.6. The van der Waals surface area contributed by atoms with Crippen molar-refractivity contribution in [2.75, 3.05) is 13.7 Å². The number of fused-ring (bicyclic) bond motifs is 8. The monoisotopic (exact) mass is 767 g/mol. The number of carbonyl (C=O) groups is 4. The molecular weight excluding hydrogens is 715 g/mol. The lowest BCUT2D eigenvalue weighted by Crippen LogP contribution is -2.62. The summed E-state index contributed by atoms with van der Waals surface area (Å²) in [7, 11) is -2.27. The van der Waals surface area contributed by atoms with Gasteiger partial charge in [0.1, 0.15) is 23.4 Å². The van der Waals surface area contributed by atoms with Crippen LogP contribution in [0.2, 0.25) is 0 Å². The third-order valence-corrected chi connectivity index (χ3v) is 12.8. The van der Waals surface area contributed by atoms with E-state index in [4.69, 9.17) is 4.74 Å². The summed E-state index contributed by atoms with van der Waals surface area (Å²) in [6.45, 7) is 13.2. The molecule has 1 saturated heterocycles. The number of benzene rings is 1. The zero-order valence-electron chi connectivity index (χ0n) is 32.0. The van der Waals surface area contributed by atoms with Crippen molar-refractivity contribution in [2.45, 2.75) is 127 Å². The van der Waals surface area contributed by atoms with Gasteiger partial charge in [-0.25, -0.2) is 13.2 Å². The molecule has 2 aromatic rings. The van der Waals surface area contributed by atoms with Crippen LogP contribution in [0.1, 0.15) is 97.6 Å². The third-order valence-electron chi connectivity index (χ3n) is 11.0. The molecule has 4 N–H and O–H groups in total. The van der Waals surface area contributed by atoms with E-state index in [0.717, 1.165) is 42.6 Å². The Kier molecular flexibility index (Phi) is 10.6. The van der Waals surface area contributed by atoms with Gasteiger partial charge in [0.25, 0.3) is 5.91 Å². The van der Waals surface area contributed by atoms with Crippen LogP contribution in [0.5, 0.6) is 5.75 Å². The molecule has 1 aromatic heterocycles. The smallest absolute Gasteiger partial charge is 0.315 e. The Morgan fingerprint density at radius 3 is 2.52 bits per heavy atom. The van der Waals surface area contributed by atoms with Gasteiger partial charge in [-0.05, 0) is 86.8 Å². The van der Waals surface area contributed by atoms with Crippen molar-refractivity contribution in [3.8, 4) is 17.1 Å². The molecule has 4 aliphatic rings. The van der Waals surface area contributed by atoms with Crippen LogP contribution in [0, 0.1) is 11.3 Å². The molecule has 294 valence electrons. The van der Waals surface area contributed by atoms with Gasteiger partial charge in [0.15, 0.2) is 0 Å². The standard InChI is InChI=1S/C37H53N9O7S/c1-8-24-20-37(24,33(49)43-54(51,52)26-14-15-26)39-31(47)27-19-25-21-45(27)32(48)29(35(2,3)4)38-34(50)40-36(5,6)17-11-9-10-12-22-18-23(13-16-28(22)53-7)30-41-44-46(25)42-30/h8,13,16,18,24-27,29H,1,9-12,14-15,17,19-21H2,2-7H3,(H,39,47)(H,43,49)(H2,38,40,50)/t24-,25-,27+,29-,37-/m1/s1. The minimum Gasteiger partial charge on any atom is -0.496 e. The fourth-order valence-corrected chi connectivity index (χ4v) is 8.88. The molecular formula is C37H53N9O7S. The quantitative estimate of drug-likeness (QED) is 0.303. The average molecular weight is 768 g/mol. The van der Waals surface area contributed by atoms with Crippen molar-refractivity contribution in [1.29, 1.82) is 0 Å². The number of methoxy groups -OCH3 is 1. The molecule has 0 spiro atoms. The molecule has 3 fully saturated rings. The Morgan fingerprint density at radius 2 is 1.87 bits per heavy atom. The first-order valence-electron chi connectivity index (χ1n) is 18.7. The lowest BCUT2D eigenvalue weighted by molar-refractivity contribution is -0.142. The van der Waals surface area contributed by atoms with Crippen LogP contribution in [0.4, 0.5) is 4.79 Å². The molecule has 2 aliphatic carbocycles. The van der Waals surface area contributed by atoms with Crippen LogP contribution in [0.25, 0.3) is 11.4 Å². The van der Waals surface area contributed by atoms with Crippen LogP contribution in [0.15, 0.2) is 30.9 Å². The van der Waals surface area contributed by atoms with E-state index in [9.17, 15) is 27.6 Å². The minimum atomic E-state index is -3.90. The normalized spacial score (nSPS) is 27.6. The first-order valence-corrected chi connectivity index (χ1v) is 20.3. The van der Waals surface area contributed by atoms with Crippen LogP contribution in [-0.2, 0) is 30.8 Å². The van der Waals surface area contributed by atoms with Gasteiger partial charge in [-0.15, -0.1) is 16.8 Å². The summed E-state index contributed by atoms with van der Waals surface area (Å²) in [5.74, 6) is -1.38. The number of ether oxygens (including phenoxy) is 1. The van der Waals surface area contributed by atoms with E-state index in [2.05, 4.69) is 42.7 Å². The number of aryl methyl sites for hydroxylation is 1. The molecule has 5 amide bonds. The average Bonchev–Trinajstić information content (AvgIpc) is 3.97. The number of nitrogens with one attached hydrogen (secondary N) is 4. The molecule has 6 bridgehead atoms. The zero-order valence-corrected chi connectivity index (χ0v) is 32.8. The topological polar surface area (TPSA) is 207 Å². The van der Waals surface area contributed by atoms with Crippen LogP contribution in [-0.4, -0.2) is 99.3 Å². The van der Waals surface area contributed by atoms with Gasteiger partial charge < -0.3 is 25.6 Å². The summed E-state index contributed by atoms with van der Waals surface area (Å²) >= 11 is 0. The van der Waals surface area contributed by atoms with Gasteiger partial charge in [0.05, 0.1) is 18.4 Å². The van der Waals surface area contributed by atoms with Crippen molar-refractivity contribution in [3.05, 3.63) is 36.4 Å². The second-order valence-corrected chi connectivity index (χ2v) is 18.8. The highest BCUT2D eigenvalue weighted by Gasteiger charge is 2.62. The highest BCUT2D eigenvalue weighted by Crippen LogP contribution is 2.46. The van der Waals surface area contributed by atoms with Gasteiger partial charge in [-0.2, -0.15) is 4.80 Å². The molecule has 2 saturated carbocycles. The summed E-state index contributed by atoms with van der Waals surface area (Å²) in [5.41, 5.74) is -1.15. The summed E-state index contributed by atoms with van der Waals surface area (Å²) in [6.07, 6.45) is 6.80. The van der Waals surface area contributed by atoms with E-state index in [1.54, 1.807) is 7.11 Å². The van der Waals surface area contributed by atoms with Crippen LogP contribution >= 0.6 is 0 Å². The number of hydrogen-bond acceptors (Lipinski definition) is 10. The fourth-order valence-electron chi connectivity index (χ4n) is 7.51. The summed E-state index contributed by atoms with van der Waals surface area (Å²) < 4.78 is 33.2. The Bertz CT molecular complexity index is 1920. The van der Waals surface area contributed by atoms with E-state index < -0.39 is 79.6 Å². The minimum absolute atomic E-state index is 0.00208. The molecule has 1 aromatic carbocycles. The molecule has 0 radical (unpaired) electrons. The highest BCUT2D eigenvalue weighted by molar-refractivity contribution is 7.91. The number of rotatable bonds is 7. The van der Waals surface area contributed by atoms with Crippen molar-refractivity contribution in [1.82, 2.24) is 45.8 Å². The lowest BCUT2D eigenvalue weighted by atomic mass is 9.85. The predicted octanol–water partition coefficient (Wildman–Crippen LogP) is 2.77. The molecule has 3 heterocycles. The van der Waals surface area contributed by atoms with Gasteiger partial charge >= 0.3 is 6.03 Å². The lowest BCUT2D eigenvalue weighted by Gasteiger charge is -2.36. The number of nitrogens with zero attached hydrogens (tertiary/aromatic N) is 5. The number of urea groups is 1. The zero-order chi connectivity index (χ0) is 39.2. The van der Waals surface area contributed by atoms with Gasteiger partial charge in [0.2, 0.25) is 27.7 Å². The Balaban J connectivity index is 1.35. The van der Waals surface area contributed by atoms with E-state index in [1.165, 1.54) is 15.8 Å². The third kappa shape index (κ3) is 8.25. The predicted molar refractivity (Wildman–Crippen MR) is 199 cm³/mol. The van der Waals surface area contributed by atoms with Gasteiger partial charge in [-0.3, -0.25) is 19.1 Å². The summed E-state index contributed by atoms with van der Waals surface area (Å²) in [6, 6.07) is 2.44. The number of tetrazole rings is 1. The first kappa shape index (κ1) is 39.2. The summed E-state index contributed by atoms with van der Waals surface area (Å²) in [5, 5.41) is 21.5. The second-order valence-electron chi connectivity index (χ2n) is 16.9. The number of carbonyl (C=O) groups excluding carboxylic acids is 4. The molecule has 0 unspecified atom stereocenters. The van der Waals surface area contributed by atoms with Gasteiger partial charge in [-0.1, -0.05) is 39.7 Å². The highest BCUT2D eigenvalue weighted by atomic mass is 32.2.